The number of hydrogen-bond acceptors (Lipinski definition) is 5. The molecule has 0 aromatic carbocycles. The predicted octanol–water partition coefficient (Wildman–Crippen LogP) is -0.107. The van der Waals surface area contributed by atoms with Crippen LogP contribution in [0.5, 0.6) is 0 Å². The van der Waals surface area contributed by atoms with Crippen molar-refractivity contribution in [1.82, 2.24) is 14.6 Å². The number of hydrogen-bond donors (Lipinski definition) is 1. The molecule has 3 rings (SSSR count). The van der Waals surface area contributed by atoms with Crippen LogP contribution in [0.4, 0.5) is 5.82 Å². The zero-order valence-corrected chi connectivity index (χ0v) is 9.49. The van der Waals surface area contributed by atoms with Crippen molar-refractivity contribution in [3.8, 4) is 0 Å². The number of morpholine rings is 1. The fourth-order valence-electron chi connectivity index (χ4n) is 2.19. The standard InChI is InChI=1S/C11H15N5O/c12-7-9-8-17-6-5-15(9)11-10-1-2-14-16(10)4-3-13-11/h1-4,9H,5-8,12H2. The molecule has 6 heteroatoms. The molecule has 3 heterocycles. The molecule has 1 aliphatic heterocycles. The Kier molecular flexibility index (Phi) is 2.66. The monoisotopic (exact) mass is 233 g/mol. The summed E-state index contributed by atoms with van der Waals surface area (Å²) in [4.78, 5) is 6.66. The first-order valence-electron chi connectivity index (χ1n) is 5.73. The summed E-state index contributed by atoms with van der Waals surface area (Å²) in [7, 11) is 0. The first-order valence-corrected chi connectivity index (χ1v) is 5.73. The highest BCUT2D eigenvalue weighted by atomic mass is 16.5. The Bertz CT molecular complexity index is 511. The second-order valence-corrected chi connectivity index (χ2v) is 4.07. The minimum atomic E-state index is 0.192. The zero-order chi connectivity index (χ0) is 11.7. The topological polar surface area (TPSA) is 68.7 Å². The maximum Gasteiger partial charge on any atom is 0.155 e. The largest absolute Gasteiger partial charge is 0.377 e. The van der Waals surface area contributed by atoms with Crippen molar-refractivity contribution in [3.63, 3.8) is 0 Å². The third-order valence-electron chi connectivity index (χ3n) is 3.08. The van der Waals surface area contributed by atoms with Crippen LogP contribution < -0.4 is 10.6 Å². The van der Waals surface area contributed by atoms with E-state index < -0.39 is 0 Å². The van der Waals surface area contributed by atoms with Crippen molar-refractivity contribution in [2.24, 2.45) is 5.73 Å². The summed E-state index contributed by atoms with van der Waals surface area (Å²) in [5, 5.41) is 4.21. The summed E-state index contributed by atoms with van der Waals surface area (Å²) in [6.45, 7) is 2.76. The van der Waals surface area contributed by atoms with Gasteiger partial charge in [0.2, 0.25) is 0 Å². The molecule has 0 bridgehead atoms. The minimum absolute atomic E-state index is 0.192. The molecule has 1 aliphatic rings. The van der Waals surface area contributed by atoms with Gasteiger partial charge in [-0.3, -0.25) is 0 Å². The third-order valence-corrected chi connectivity index (χ3v) is 3.08. The molecular formula is C11H15N5O. The summed E-state index contributed by atoms with van der Waals surface area (Å²) in [5.74, 6) is 0.934. The van der Waals surface area contributed by atoms with Crippen molar-refractivity contribution in [1.29, 1.82) is 0 Å². The Morgan fingerprint density at radius 1 is 1.47 bits per heavy atom. The second kappa shape index (κ2) is 4.31. The molecule has 0 radical (unpaired) electrons. The van der Waals surface area contributed by atoms with Crippen molar-refractivity contribution in [2.45, 2.75) is 6.04 Å². The molecule has 6 nitrogen and oxygen atoms in total. The normalized spacial score (nSPS) is 21.0. The molecule has 1 unspecified atom stereocenters. The maximum absolute atomic E-state index is 5.78. The van der Waals surface area contributed by atoms with E-state index in [1.807, 2.05) is 16.8 Å². The van der Waals surface area contributed by atoms with E-state index in [2.05, 4.69) is 15.0 Å². The molecule has 2 aromatic rings. The Labute approximate surface area is 99.0 Å². The number of rotatable bonds is 2. The fraction of sp³-hybridized carbons (Fsp3) is 0.455. The lowest BCUT2D eigenvalue weighted by atomic mass is 10.2. The van der Waals surface area contributed by atoms with E-state index in [1.54, 1.807) is 12.4 Å². The predicted molar refractivity (Wildman–Crippen MR) is 64.0 cm³/mol. The van der Waals surface area contributed by atoms with Gasteiger partial charge < -0.3 is 15.4 Å². The van der Waals surface area contributed by atoms with Gasteiger partial charge in [-0.05, 0) is 6.07 Å². The first kappa shape index (κ1) is 10.5. The fourth-order valence-corrected chi connectivity index (χ4v) is 2.19. The van der Waals surface area contributed by atoms with Gasteiger partial charge in [0.15, 0.2) is 5.82 Å². The number of nitrogens with zero attached hydrogens (tertiary/aromatic N) is 4. The van der Waals surface area contributed by atoms with E-state index in [-0.39, 0.29) is 6.04 Å². The van der Waals surface area contributed by atoms with Crippen LogP contribution in [0.1, 0.15) is 0 Å². The molecule has 17 heavy (non-hydrogen) atoms. The average molecular weight is 233 g/mol. The molecule has 1 fully saturated rings. The van der Waals surface area contributed by atoms with E-state index in [4.69, 9.17) is 10.5 Å². The molecule has 1 atom stereocenters. The van der Waals surface area contributed by atoms with Crippen molar-refractivity contribution in [2.75, 3.05) is 31.2 Å². The highest BCUT2D eigenvalue weighted by molar-refractivity contribution is 5.68. The lowest BCUT2D eigenvalue weighted by Gasteiger charge is -2.35. The summed E-state index contributed by atoms with van der Waals surface area (Å²) >= 11 is 0. The van der Waals surface area contributed by atoms with Gasteiger partial charge in [0.25, 0.3) is 0 Å². The molecule has 0 amide bonds. The molecule has 90 valence electrons. The van der Waals surface area contributed by atoms with Crippen molar-refractivity contribution >= 4 is 11.3 Å². The Morgan fingerprint density at radius 2 is 2.41 bits per heavy atom. The highest BCUT2D eigenvalue weighted by Crippen LogP contribution is 2.21. The molecule has 2 aromatic heterocycles. The molecular weight excluding hydrogens is 218 g/mol. The third kappa shape index (κ3) is 1.75. The SMILES string of the molecule is NCC1COCCN1c1nccn2nccc12. The zero-order valence-electron chi connectivity index (χ0n) is 9.49. The maximum atomic E-state index is 5.78. The molecule has 0 aliphatic carbocycles. The lowest BCUT2D eigenvalue weighted by molar-refractivity contribution is 0.0959. The van der Waals surface area contributed by atoms with E-state index in [9.17, 15) is 0 Å². The van der Waals surface area contributed by atoms with Crippen LogP contribution in [-0.2, 0) is 4.74 Å². The highest BCUT2D eigenvalue weighted by Gasteiger charge is 2.24. The van der Waals surface area contributed by atoms with Crippen molar-refractivity contribution < 1.29 is 4.74 Å². The van der Waals surface area contributed by atoms with Gasteiger partial charge in [0.05, 0.1) is 25.5 Å². The summed E-state index contributed by atoms with van der Waals surface area (Å²) < 4.78 is 7.27. The second-order valence-electron chi connectivity index (χ2n) is 4.07. The minimum Gasteiger partial charge on any atom is -0.377 e. The number of anilines is 1. The molecule has 0 saturated carbocycles. The number of ether oxygens (including phenoxy) is 1. The Balaban J connectivity index is 2.04. The first-order chi connectivity index (χ1) is 8.40. The van der Waals surface area contributed by atoms with Crippen LogP contribution in [-0.4, -0.2) is 46.9 Å². The van der Waals surface area contributed by atoms with E-state index in [1.165, 1.54) is 0 Å². The smallest absolute Gasteiger partial charge is 0.155 e. The molecule has 0 spiro atoms. The quantitative estimate of drug-likeness (QED) is 0.784. The summed E-state index contributed by atoms with van der Waals surface area (Å²) in [6.07, 6.45) is 5.38. The van der Waals surface area contributed by atoms with Gasteiger partial charge in [-0.15, -0.1) is 0 Å². The lowest BCUT2D eigenvalue weighted by Crippen LogP contribution is -2.50. The van der Waals surface area contributed by atoms with Crippen LogP contribution in [0.25, 0.3) is 5.52 Å². The van der Waals surface area contributed by atoms with Crippen LogP contribution >= 0.6 is 0 Å². The van der Waals surface area contributed by atoms with Gasteiger partial charge in [0, 0.05) is 25.5 Å². The van der Waals surface area contributed by atoms with E-state index in [0.29, 0.717) is 19.8 Å². The van der Waals surface area contributed by atoms with E-state index >= 15 is 0 Å². The van der Waals surface area contributed by atoms with E-state index in [0.717, 1.165) is 17.9 Å². The van der Waals surface area contributed by atoms with Crippen LogP contribution in [0, 0.1) is 0 Å². The van der Waals surface area contributed by atoms with Crippen LogP contribution in [0.2, 0.25) is 0 Å². The van der Waals surface area contributed by atoms with Crippen LogP contribution in [0.3, 0.4) is 0 Å². The van der Waals surface area contributed by atoms with Crippen molar-refractivity contribution in [3.05, 3.63) is 24.7 Å². The average Bonchev–Trinajstić information content (AvgIpc) is 2.86. The summed E-state index contributed by atoms with van der Waals surface area (Å²) in [6, 6.07) is 2.16. The van der Waals surface area contributed by atoms with Gasteiger partial charge >= 0.3 is 0 Å². The Hall–Kier alpha value is -1.66. The van der Waals surface area contributed by atoms with Crippen LogP contribution in [0.15, 0.2) is 24.7 Å². The number of nitrogens with two attached hydrogens (primary N) is 1. The van der Waals surface area contributed by atoms with Gasteiger partial charge in [-0.25, -0.2) is 9.50 Å². The van der Waals surface area contributed by atoms with Gasteiger partial charge in [-0.1, -0.05) is 0 Å². The molecule has 1 saturated heterocycles. The van der Waals surface area contributed by atoms with Gasteiger partial charge in [-0.2, -0.15) is 5.10 Å². The number of fused-ring (bicyclic) bond motifs is 1. The Morgan fingerprint density at radius 3 is 3.29 bits per heavy atom. The van der Waals surface area contributed by atoms with Gasteiger partial charge in [0.1, 0.15) is 5.52 Å². The molecule has 2 N–H and O–H groups in total. The number of aromatic nitrogens is 3. The summed E-state index contributed by atoms with van der Waals surface area (Å²) in [5.41, 5.74) is 6.79.